The molecular weight excluding hydrogens is 464 g/mol. The van der Waals surface area contributed by atoms with Crippen molar-refractivity contribution in [2.24, 2.45) is 17.8 Å². The van der Waals surface area contributed by atoms with Gasteiger partial charge in [-0.15, -0.1) is 0 Å². The molecule has 2 aliphatic rings. The monoisotopic (exact) mass is 518 g/mol. The second-order valence-electron chi connectivity index (χ2n) is 12.8. The van der Waals surface area contributed by atoms with Crippen LogP contribution < -0.4 is 0 Å². The first-order valence-corrected chi connectivity index (χ1v) is 16.2. The molecular formula is C36H54O2. The molecule has 0 unspecified atom stereocenters. The molecule has 2 aromatic carbocycles. The smallest absolute Gasteiger partial charge is 0.115 e. The Balaban J connectivity index is 1.17. The van der Waals surface area contributed by atoms with Crippen LogP contribution in [0, 0.1) is 17.8 Å². The Kier molecular flexibility index (Phi) is 11.5. The van der Waals surface area contributed by atoms with E-state index in [1.165, 1.54) is 120 Å². The van der Waals surface area contributed by atoms with Crippen molar-refractivity contribution in [2.45, 2.75) is 134 Å². The van der Waals surface area contributed by atoms with E-state index in [4.69, 9.17) is 0 Å². The van der Waals surface area contributed by atoms with Gasteiger partial charge in [0.05, 0.1) is 0 Å². The molecule has 2 nitrogen and oxygen atoms in total. The Morgan fingerprint density at radius 1 is 0.526 bits per heavy atom. The van der Waals surface area contributed by atoms with Crippen molar-refractivity contribution in [1.29, 1.82) is 0 Å². The maximum Gasteiger partial charge on any atom is 0.115 e. The molecule has 2 fully saturated rings. The van der Waals surface area contributed by atoms with Crippen molar-refractivity contribution >= 4 is 0 Å². The molecule has 0 amide bonds. The van der Waals surface area contributed by atoms with E-state index >= 15 is 0 Å². The van der Waals surface area contributed by atoms with E-state index in [9.17, 15) is 10.2 Å². The molecule has 0 saturated heterocycles. The number of benzene rings is 2. The Labute approximate surface area is 233 Å². The summed E-state index contributed by atoms with van der Waals surface area (Å²) in [7, 11) is 0. The van der Waals surface area contributed by atoms with Crippen molar-refractivity contribution in [1.82, 2.24) is 0 Å². The van der Waals surface area contributed by atoms with E-state index < -0.39 is 0 Å². The van der Waals surface area contributed by atoms with Crippen molar-refractivity contribution in [3.63, 3.8) is 0 Å². The van der Waals surface area contributed by atoms with Crippen LogP contribution in [0.3, 0.4) is 0 Å². The third-order valence-electron chi connectivity index (χ3n) is 10.2. The fourth-order valence-corrected chi connectivity index (χ4v) is 7.61. The molecule has 38 heavy (non-hydrogen) atoms. The van der Waals surface area contributed by atoms with Crippen LogP contribution in [0.1, 0.15) is 140 Å². The van der Waals surface area contributed by atoms with E-state index in [1.807, 2.05) is 24.3 Å². The lowest BCUT2D eigenvalue weighted by atomic mass is 9.62. The van der Waals surface area contributed by atoms with Gasteiger partial charge in [-0.1, -0.05) is 128 Å². The van der Waals surface area contributed by atoms with Crippen LogP contribution in [0.4, 0.5) is 0 Å². The van der Waals surface area contributed by atoms with Gasteiger partial charge in [0.25, 0.3) is 0 Å². The van der Waals surface area contributed by atoms with Crippen molar-refractivity contribution in [3.05, 3.63) is 59.7 Å². The highest BCUT2D eigenvalue weighted by molar-refractivity contribution is 5.43. The van der Waals surface area contributed by atoms with Crippen LogP contribution >= 0.6 is 0 Å². The Hall–Kier alpha value is -1.96. The molecule has 210 valence electrons. The first kappa shape index (κ1) is 29.0. The molecule has 0 atom stereocenters. The fraction of sp³-hybridized carbons (Fsp3) is 0.667. The minimum absolute atomic E-state index is 0.00847. The zero-order chi connectivity index (χ0) is 26.6. The SMILES string of the molecule is CCCCCCCCCC[C@H]1CC[C@H](CCC2CCC(c3ccc(O)cc3)(c3ccc(O)cc3)CC2)CC1. The summed E-state index contributed by atoms with van der Waals surface area (Å²) in [4.78, 5) is 0. The number of hydrogen-bond acceptors (Lipinski definition) is 2. The molecule has 0 radical (unpaired) electrons. The predicted octanol–water partition coefficient (Wildman–Crippen LogP) is 10.7. The van der Waals surface area contributed by atoms with Gasteiger partial charge in [-0.05, 0) is 78.8 Å². The maximum absolute atomic E-state index is 9.86. The Morgan fingerprint density at radius 2 is 0.921 bits per heavy atom. The van der Waals surface area contributed by atoms with Crippen LogP contribution in [0.25, 0.3) is 0 Å². The van der Waals surface area contributed by atoms with Crippen molar-refractivity contribution in [2.75, 3.05) is 0 Å². The van der Waals surface area contributed by atoms with Crippen molar-refractivity contribution in [3.8, 4) is 11.5 Å². The van der Waals surface area contributed by atoms with Gasteiger partial charge in [-0.25, -0.2) is 0 Å². The molecule has 0 bridgehead atoms. The van der Waals surface area contributed by atoms with Crippen LogP contribution in [0.2, 0.25) is 0 Å². The summed E-state index contributed by atoms with van der Waals surface area (Å²) in [5.41, 5.74) is 2.59. The molecule has 2 N–H and O–H groups in total. The lowest BCUT2D eigenvalue weighted by molar-refractivity contribution is 0.208. The number of aromatic hydroxyl groups is 2. The molecule has 0 spiro atoms. The molecule has 2 aromatic rings. The Morgan fingerprint density at radius 3 is 1.39 bits per heavy atom. The first-order valence-electron chi connectivity index (χ1n) is 16.2. The molecule has 2 saturated carbocycles. The molecule has 4 rings (SSSR count). The minimum Gasteiger partial charge on any atom is -0.508 e. The quantitative estimate of drug-likeness (QED) is 0.244. The highest BCUT2D eigenvalue weighted by atomic mass is 16.3. The second kappa shape index (κ2) is 15.0. The van der Waals surface area contributed by atoms with Crippen LogP contribution in [-0.4, -0.2) is 10.2 Å². The van der Waals surface area contributed by atoms with Crippen LogP contribution in [0.15, 0.2) is 48.5 Å². The number of phenols is 2. The van der Waals surface area contributed by atoms with E-state index in [-0.39, 0.29) is 5.41 Å². The van der Waals surface area contributed by atoms with E-state index in [0.717, 1.165) is 30.6 Å². The van der Waals surface area contributed by atoms with Crippen molar-refractivity contribution < 1.29 is 10.2 Å². The molecule has 0 heterocycles. The number of unbranched alkanes of at least 4 members (excludes halogenated alkanes) is 7. The highest BCUT2D eigenvalue weighted by Gasteiger charge is 2.38. The number of hydrogen-bond donors (Lipinski definition) is 2. The lowest BCUT2D eigenvalue weighted by Gasteiger charge is -2.42. The van der Waals surface area contributed by atoms with Gasteiger partial charge in [-0.3, -0.25) is 0 Å². The van der Waals surface area contributed by atoms with Crippen LogP contribution in [-0.2, 0) is 5.41 Å². The van der Waals surface area contributed by atoms with Gasteiger partial charge >= 0.3 is 0 Å². The molecule has 0 aromatic heterocycles. The van der Waals surface area contributed by atoms with Crippen LogP contribution in [0.5, 0.6) is 11.5 Å². The predicted molar refractivity (Wildman–Crippen MR) is 161 cm³/mol. The summed E-state index contributed by atoms with van der Waals surface area (Å²) in [6.07, 6.45) is 26.6. The van der Waals surface area contributed by atoms with Gasteiger partial charge in [0.1, 0.15) is 11.5 Å². The van der Waals surface area contributed by atoms with Gasteiger partial charge in [0, 0.05) is 5.41 Å². The minimum atomic E-state index is -0.00847. The fourth-order valence-electron chi connectivity index (χ4n) is 7.61. The average Bonchev–Trinajstić information content (AvgIpc) is 2.95. The van der Waals surface area contributed by atoms with Gasteiger partial charge in [0.15, 0.2) is 0 Å². The third kappa shape index (κ3) is 8.27. The summed E-state index contributed by atoms with van der Waals surface area (Å²) < 4.78 is 0. The van der Waals surface area contributed by atoms with Gasteiger partial charge in [-0.2, -0.15) is 0 Å². The molecule has 0 aliphatic heterocycles. The summed E-state index contributed by atoms with van der Waals surface area (Å²) in [6, 6.07) is 15.7. The van der Waals surface area contributed by atoms with E-state index in [0.29, 0.717) is 11.5 Å². The van der Waals surface area contributed by atoms with Gasteiger partial charge in [0.2, 0.25) is 0 Å². The standard InChI is InChI=1S/C36H54O2/c1-2-3-4-5-6-7-8-9-10-29-11-13-30(14-12-29)15-16-31-25-27-36(28-26-31,32-17-21-34(37)22-18-32)33-19-23-35(38)24-20-33/h17-24,29-31,37-38H,2-16,25-28H2,1H3/t29-,30-. The number of rotatable bonds is 14. The highest BCUT2D eigenvalue weighted by Crippen LogP contribution is 2.48. The largest absolute Gasteiger partial charge is 0.508 e. The third-order valence-corrected chi connectivity index (χ3v) is 10.2. The zero-order valence-electron chi connectivity index (χ0n) is 24.2. The average molecular weight is 519 g/mol. The van der Waals surface area contributed by atoms with E-state index in [1.54, 1.807) is 0 Å². The zero-order valence-corrected chi connectivity index (χ0v) is 24.2. The normalized spacial score (nSPS) is 21.9. The summed E-state index contributed by atoms with van der Waals surface area (Å²) in [6.45, 7) is 2.30. The summed E-state index contributed by atoms with van der Waals surface area (Å²) in [5, 5.41) is 19.7. The van der Waals surface area contributed by atoms with Gasteiger partial charge < -0.3 is 10.2 Å². The first-order chi connectivity index (χ1) is 18.6. The molecule has 2 aliphatic carbocycles. The number of phenolic OH excluding ortho intramolecular Hbond substituents is 2. The molecule has 2 heteroatoms. The Bertz CT molecular complexity index is 852. The summed E-state index contributed by atoms with van der Waals surface area (Å²) >= 11 is 0. The topological polar surface area (TPSA) is 40.5 Å². The maximum atomic E-state index is 9.86. The van der Waals surface area contributed by atoms with E-state index in [2.05, 4.69) is 31.2 Å². The summed E-state index contributed by atoms with van der Waals surface area (Å²) in [5.74, 6) is 3.47. The lowest BCUT2D eigenvalue weighted by Crippen LogP contribution is -2.33. The second-order valence-corrected chi connectivity index (χ2v) is 12.8.